The van der Waals surface area contributed by atoms with Crippen LogP contribution in [0.5, 0.6) is 5.75 Å². The van der Waals surface area contributed by atoms with Gasteiger partial charge in [0.05, 0.1) is 23.6 Å². The average molecular weight is 428 g/mol. The molecule has 0 bridgehead atoms. The van der Waals surface area contributed by atoms with Gasteiger partial charge < -0.3 is 19.5 Å². The van der Waals surface area contributed by atoms with Crippen LogP contribution in [0.3, 0.4) is 0 Å². The van der Waals surface area contributed by atoms with Crippen LogP contribution in [0.2, 0.25) is 5.02 Å². The predicted molar refractivity (Wildman–Crippen MR) is 114 cm³/mol. The first kappa shape index (κ1) is 20.2. The minimum absolute atomic E-state index is 0.0288. The van der Waals surface area contributed by atoms with E-state index in [1.54, 1.807) is 38.4 Å². The number of aryl methyl sites for hydroxylation is 1. The number of carbonyl (C=O) groups excluding carboxylic acids is 1. The third-order valence-electron chi connectivity index (χ3n) is 5.06. The molecule has 1 amide bonds. The first-order valence-corrected chi connectivity index (χ1v) is 10.1. The molecule has 0 radical (unpaired) electrons. The smallest absolute Gasteiger partial charge is 0.259 e. The fraction of sp³-hybridized carbons (Fsp3) is 0.333. The lowest BCUT2D eigenvalue weighted by molar-refractivity contribution is -0.120. The standard InChI is InChI=1S/C21H22ClN5O3/c1-13-24-21(30-26-13)14-5-8-19(23-11-14)27-9-3-4-15(12-27)20(28)25-16-6-7-18(29-2)17(22)10-16/h5-8,10-11,15H,3-4,9,12H2,1-2H3,(H,25,28)/t15-/m0/s1. The van der Waals surface area contributed by atoms with Crippen molar-refractivity contribution >= 4 is 29.0 Å². The van der Waals surface area contributed by atoms with Gasteiger partial charge in [-0.15, -0.1) is 0 Å². The Kier molecular flexibility index (Phi) is 5.85. The van der Waals surface area contributed by atoms with Crippen molar-refractivity contribution in [3.63, 3.8) is 0 Å². The zero-order valence-electron chi connectivity index (χ0n) is 16.8. The van der Waals surface area contributed by atoms with E-state index in [2.05, 4.69) is 25.3 Å². The van der Waals surface area contributed by atoms with Gasteiger partial charge in [0.1, 0.15) is 11.6 Å². The van der Waals surface area contributed by atoms with Crippen LogP contribution in [0.25, 0.3) is 11.5 Å². The van der Waals surface area contributed by atoms with Crippen molar-refractivity contribution in [2.75, 3.05) is 30.4 Å². The summed E-state index contributed by atoms with van der Waals surface area (Å²) in [4.78, 5) is 23.7. The number of hydrogen-bond donors (Lipinski definition) is 1. The maximum Gasteiger partial charge on any atom is 0.259 e. The van der Waals surface area contributed by atoms with Crippen LogP contribution in [-0.4, -0.2) is 41.2 Å². The predicted octanol–water partition coefficient (Wildman–Crippen LogP) is 3.96. The van der Waals surface area contributed by atoms with Crippen molar-refractivity contribution in [1.29, 1.82) is 0 Å². The van der Waals surface area contributed by atoms with Gasteiger partial charge in [-0.05, 0) is 50.1 Å². The Morgan fingerprint density at radius 2 is 2.20 bits per heavy atom. The van der Waals surface area contributed by atoms with E-state index in [4.69, 9.17) is 20.9 Å². The number of nitrogens with one attached hydrogen (secondary N) is 1. The van der Waals surface area contributed by atoms with Gasteiger partial charge in [0.15, 0.2) is 5.82 Å². The molecule has 1 aliphatic rings. The van der Waals surface area contributed by atoms with E-state index in [-0.39, 0.29) is 11.8 Å². The molecule has 0 unspecified atom stereocenters. The lowest BCUT2D eigenvalue weighted by Gasteiger charge is -2.32. The zero-order chi connectivity index (χ0) is 21.1. The van der Waals surface area contributed by atoms with Gasteiger partial charge in [-0.2, -0.15) is 4.98 Å². The number of rotatable bonds is 5. The molecule has 8 nitrogen and oxygen atoms in total. The summed E-state index contributed by atoms with van der Waals surface area (Å²) in [5.74, 6) is 2.25. The van der Waals surface area contributed by atoms with Crippen LogP contribution in [0.1, 0.15) is 18.7 Å². The molecule has 9 heteroatoms. The third-order valence-corrected chi connectivity index (χ3v) is 5.35. The van der Waals surface area contributed by atoms with Gasteiger partial charge in [-0.25, -0.2) is 4.98 Å². The average Bonchev–Trinajstić information content (AvgIpc) is 3.20. The van der Waals surface area contributed by atoms with E-state index in [0.29, 0.717) is 34.7 Å². The highest BCUT2D eigenvalue weighted by Gasteiger charge is 2.27. The topological polar surface area (TPSA) is 93.4 Å². The van der Waals surface area contributed by atoms with E-state index in [1.807, 2.05) is 12.1 Å². The number of piperidine rings is 1. The molecule has 30 heavy (non-hydrogen) atoms. The van der Waals surface area contributed by atoms with Crippen LogP contribution >= 0.6 is 11.6 Å². The molecule has 2 aromatic heterocycles. The Hall–Kier alpha value is -3.13. The second kappa shape index (κ2) is 8.71. The Labute approximate surface area is 179 Å². The van der Waals surface area contributed by atoms with Crippen molar-refractivity contribution in [3.8, 4) is 17.2 Å². The van der Waals surface area contributed by atoms with Crippen LogP contribution in [0.4, 0.5) is 11.5 Å². The van der Waals surface area contributed by atoms with Gasteiger partial charge in [0, 0.05) is 25.0 Å². The summed E-state index contributed by atoms with van der Waals surface area (Å²) in [7, 11) is 1.56. The lowest BCUT2D eigenvalue weighted by atomic mass is 9.97. The summed E-state index contributed by atoms with van der Waals surface area (Å²) in [6.45, 7) is 3.22. The number of halogens is 1. The Morgan fingerprint density at radius 3 is 2.87 bits per heavy atom. The largest absolute Gasteiger partial charge is 0.495 e. The van der Waals surface area contributed by atoms with Crippen molar-refractivity contribution < 1.29 is 14.1 Å². The molecule has 4 rings (SSSR count). The fourth-order valence-corrected chi connectivity index (χ4v) is 3.76. The molecule has 1 atom stereocenters. The lowest BCUT2D eigenvalue weighted by Crippen LogP contribution is -2.41. The summed E-state index contributed by atoms with van der Waals surface area (Å²) < 4.78 is 10.3. The number of anilines is 2. The Balaban J connectivity index is 1.41. The summed E-state index contributed by atoms with van der Waals surface area (Å²) in [6.07, 6.45) is 3.45. The molecule has 0 spiro atoms. The molecular formula is C21H22ClN5O3. The number of benzene rings is 1. The maximum atomic E-state index is 12.8. The molecule has 1 fully saturated rings. The molecule has 156 valence electrons. The number of methoxy groups -OCH3 is 1. The third kappa shape index (κ3) is 4.38. The molecule has 0 saturated carbocycles. The molecule has 0 aliphatic carbocycles. The summed E-state index contributed by atoms with van der Waals surface area (Å²) in [6, 6.07) is 9.03. The number of hydrogen-bond acceptors (Lipinski definition) is 7. The highest BCUT2D eigenvalue weighted by molar-refractivity contribution is 6.32. The van der Waals surface area contributed by atoms with Crippen molar-refractivity contribution in [3.05, 3.63) is 47.4 Å². The summed E-state index contributed by atoms with van der Waals surface area (Å²) in [5.41, 5.74) is 1.42. The molecule has 3 heterocycles. The van der Waals surface area contributed by atoms with E-state index in [1.165, 1.54) is 0 Å². The van der Waals surface area contributed by atoms with Gasteiger partial charge >= 0.3 is 0 Å². The quantitative estimate of drug-likeness (QED) is 0.658. The SMILES string of the molecule is COc1ccc(NC(=O)[C@H]2CCCN(c3ccc(-c4nc(C)no4)cn3)C2)cc1Cl. The van der Waals surface area contributed by atoms with Crippen molar-refractivity contribution in [2.24, 2.45) is 5.92 Å². The fourth-order valence-electron chi connectivity index (χ4n) is 3.50. The number of ether oxygens (including phenoxy) is 1. The molecular weight excluding hydrogens is 406 g/mol. The van der Waals surface area contributed by atoms with E-state index < -0.39 is 0 Å². The monoisotopic (exact) mass is 427 g/mol. The van der Waals surface area contributed by atoms with Crippen LogP contribution in [0.15, 0.2) is 41.1 Å². The van der Waals surface area contributed by atoms with Gasteiger partial charge in [-0.1, -0.05) is 16.8 Å². The van der Waals surface area contributed by atoms with E-state index in [9.17, 15) is 4.79 Å². The molecule has 3 aromatic rings. The number of amides is 1. The number of carbonyl (C=O) groups is 1. The zero-order valence-corrected chi connectivity index (χ0v) is 17.5. The molecule has 1 aromatic carbocycles. The number of nitrogens with zero attached hydrogens (tertiary/aromatic N) is 4. The highest BCUT2D eigenvalue weighted by Crippen LogP contribution is 2.29. The van der Waals surface area contributed by atoms with Crippen LogP contribution < -0.4 is 15.0 Å². The Morgan fingerprint density at radius 1 is 1.33 bits per heavy atom. The second-order valence-electron chi connectivity index (χ2n) is 7.18. The second-order valence-corrected chi connectivity index (χ2v) is 7.58. The van der Waals surface area contributed by atoms with Gasteiger partial charge in [0.25, 0.3) is 5.89 Å². The van der Waals surface area contributed by atoms with Gasteiger partial charge in [-0.3, -0.25) is 4.79 Å². The van der Waals surface area contributed by atoms with Crippen LogP contribution in [-0.2, 0) is 4.79 Å². The van der Waals surface area contributed by atoms with Crippen molar-refractivity contribution in [2.45, 2.75) is 19.8 Å². The van der Waals surface area contributed by atoms with E-state index >= 15 is 0 Å². The van der Waals surface area contributed by atoms with Crippen molar-refractivity contribution in [1.82, 2.24) is 15.1 Å². The first-order valence-electron chi connectivity index (χ1n) is 9.69. The number of aromatic nitrogens is 3. The molecule has 1 saturated heterocycles. The number of pyridine rings is 1. The summed E-state index contributed by atoms with van der Waals surface area (Å²) >= 11 is 6.15. The minimum Gasteiger partial charge on any atom is -0.495 e. The highest BCUT2D eigenvalue weighted by atomic mass is 35.5. The van der Waals surface area contributed by atoms with E-state index in [0.717, 1.165) is 30.8 Å². The van der Waals surface area contributed by atoms with Crippen LogP contribution in [0, 0.1) is 12.8 Å². The van der Waals surface area contributed by atoms with Gasteiger partial charge in [0.2, 0.25) is 5.91 Å². The molecule has 1 aliphatic heterocycles. The Bertz CT molecular complexity index is 1040. The first-order chi connectivity index (χ1) is 14.5. The summed E-state index contributed by atoms with van der Waals surface area (Å²) in [5, 5.41) is 7.21. The normalized spacial score (nSPS) is 16.4. The minimum atomic E-state index is -0.139. The molecule has 1 N–H and O–H groups in total. The maximum absolute atomic E-state index is 12.8.